The number of ether oxygens (including phenoxy) is 2. The van der Waals surface area contributed by atoms with E-state index in [-0.39, 0.29) is 16.6 Å². The Labute approximate surface area is 191 Å². The van der Waals surface area contributed by atoms with Crippen LogP contribution < -0.4 is 9.47 Å². The highest BCUT2D eigenvalue weighted by molar-refractivity contribution is 7.90. The van der Waals surface area contributed by atoms with Gasteiger partial charge in [-0.2, -0.15) is 0 Å². The van der Waals surface area contributed by atoms with Crippen molar-refractivity contribution in [2.75, 3.05) is 13.2 Å². The van der Waals surface area contributed by atoms with E-state index in [1.807, 2.05) is 35.8 Å². The Morgan fingerprint density at radius 2 is 1.76 bits per heavy atom. The summed E-state index contributed by atoms with van der Waals surface area (Å²) in [6.07, 6.45) is -0.248. The standard InChI is InChI=1S/C24H22N2O6S/c1-15-11-19(16(2)25(15)12-17-14-31-21-8-4-5-9-22(21)32-17)20(27)13-26-24(28)18-7-3-6-10-23(18)33(26,29)30/h3-11,17H,12-14H2,1-2H3. The molecule has 0 spiro atoms. The molecule has 1 amide bonds. The van der Waals surface area contributed by atoms with Gasteiger partial charge in [-0.05, 0) is 44.2 Å². The summed E-state index contributed by atoms with van der Waals surface area (Å²) in [7, 11) is -4.05. The molecule has 0 bridgehead atoms. The summed E-state index contributed by atoms with van der Waals surface area (Å²) in [5.74, 6) is 0.248. The predicted molar refractivity (Wildman–Crippen MR) is 119 cm³/mol. The minimum Gasteiger partial charge on any atom is -0.486 e. The van der Waals surface area contributed by atoms with E-state index in [2.05, 4.69) is 0 Å². The number of fused-ring (bicyclic) bond motifs is 2. The zero-order chi connectivity index (χ0) is 23.3. The second-order valence-electron chi connectivity index (χ2n) is 8.13. The molecule has 0 saturated carbocycles. The van der Waals surface area contributed by atoms with E-state index < -0.39 is 28.3 Å². The average molecular weight is 467 g/mol. The maximum absolute atomic E-state index is 13.1. The molecule has 0 saturated heterocycles. The Hall–Kier alpha value is -3.59. The minimum absolute atomic E-state index is 0.0667. The zero-order valence-corrected chi connectivity index (χ0v) is 19.0. The van der Waals surface area contributed by atoms with Crippen LogP contribution in [0.3, 0.4) is 0 Å². The number of sulfonamides is 1. The molecule has 170 valence electrons. The molecule has 2 aliphatic rings. The van der Waals surface area contributed by atoms with E-state index in [0.717, 1.165) is 5.69 Å². The Balaban J connectivity index is 1.36. The number of rotatable bonds is 5. The molecule has 1 aromatic heterocycles. The number of nitrogens with zero attached hydrogens (tertiary/aromatic N) is 2. The Morgan fingerprint density at radius 3 is 2.52 bits per heavy atom. The van der Waals surface area contributed by atoms with Gasteiger partial charge in [0.15, 0.2) is 23.4 Å². The van der Waals surface area contributed by atoms with Crippen LogP contribution >= 0.6 is 0 Å². The van der Waals surface area contributed by atoms with Crippen LogP contribution in [0.2, 0.25) is 0 Å². The van der Waals surface area contributed by atoms with E-state index >= 15 is 0 Å². The van der Waals surface area contributed by atoms with Crippen LogP contribution in [0.4, 0.5) is 0 Å². The van der Waals surface area contributed by atoms with Crippen LogP contribution in [0.15, 0.2) is 59.5 Å². The van der Waals surface area contributed by atoms with Gasteiger partial charge in [-0.25, -0.2) is 12.7 Å². The molecule has 33 heavy (non-hydrogen) atoms. The molecular weight excluding hydrogens is 444 g/mol. The van der Waals surface area contributed by atoms with Gasteiger partial charge in [0.05, 0.1) is 12.1 Å². The van der Waals surface area contributed by atoms with Gasteiger partial charge in [0.2, 0.25) is 0 Å². The second kappa shape index (κ2) is 7.77. The summed E-state index contributed by atoms with van der Waals surface area (Å²) in [6.45, 7) is 3.96. The number of hydrogen-bond donors (Lipinski definition) is 0. The fraction of sp³-hybridized carbons (Fsp3) is 0.250. The molecular formula is C24H22N2O6S. The van der Waals surface area contributed by atoms with Crippen LogP contribution in [-0.4, -0.2) is 48.2 Å². The summed E-state index contributed by atoms with van der Waals surface area (Å²) < 4.78 is 40.0. The summed E-state index contributed by atoms with van der Waals surface area (Å²) in [5, 5.41) is 0. The number of Topliss-reactive ketones (excluding diaryl/α,β-unsaturated/α-hetero) is 1. The summed E-state index contributed by atoms with van der Waals surface area (Å²) >= 11 is 0. The van der Waals surface area contributed by atoms with Gasteiger partial charge in [-0.3, -0.25) is 9.59 Å². The van der Waals surface area contributed by atoms with Crippen molar-refractivity contribution in [3.63, 3.8) is 0 Å². The molecule has 9 heteroatoms. The van der Waals surface area contributed by atoms with Crippen molar-refractivity contribution < 1.29 is 27.5 Å². The maximum Gasteiger partial charge on any atom is 0.269 e. The molecule has 1 atom stereocenters. The van der Waals surface area contributed by atoms with E-state index in [9.17, 15) is 18.0 Å². The fourth-order valence-electron chi connectivity index (χ4n) is 4.32. The SMILES string of the molecule is Cc1cc(C(=O)CN2C(=O)c3ccccc3S2(=O)=O)c(C)n1CC1COc2ccccc2O1. The van der Waals surface area contributed by atoms with Crippen molar-refractivity contribution in [3.8, 4) is 11.5 Å². The second-order valence-corrected chi connectivity index (χ2v) is 9.96. The Morgan fingerprint density at radius 1 is 1.06 bits per heavy atom. The lowest BCUT2D eigenvalue weighted by molar-refractivity contribution is 0.0776. The summed E-state index contributed by atoms with van der Waals surface area (Å²) in [6, 6.07) is 15.1. The van der Waals surface area contributed by atoms with Gasteiger partial charge < -0.3 is 14.0 Å². The van der Waals surface area contributed by atoms with Gasteiger partial charge in [0, 0.05) is 17.0 Å². The highest BCUT2D eigenvalue weighted by atomic mass is 32.2. The van der Waals surface area contributed by atoms with E-state index in [1.165, 1.54) is 12.1 Å². The van der Waals surface area contributed by atoms with Crippen molar-refractivity contribution in [3.05, 3.63) is 77.1 Å². The van der Waals surface area contributed by atoms with Crippen molar-refractivity contribution in [1.82, 2.24) is 8.87 Å². The van der Waals surface area contributed by atoms with Crippen molar-refractivity contribution in [2.24, 2.45) is 0 Å². The molecule has 0 radical (unpaired) electrons. The minimum atomic E-state index is -4.05. The molecule has 1 unspecified atom stereocenters. The first kappa shape index (κ1) is 21.3. The first-order valence-electron chi connectivity index (χ1n) is 10.5. The monoisotopic (exact) mass is 466 g/mol. The van der Waals surface area contributed by atoms with E-state index in [4.69, 9.17) is 9.47 Å². The van der Waals surface area contributed by atoms with Gasteiger partial charge in [-0.15, -0.1) is 0 Å². The highest BCUT2D eigenvalue weighted by Crippen LogP contribution is 2.32. The van der Waals surface area contributed by atoms with Crippen LogP contribution in [0.5, 0.6) is 11.5 Å². The zero-order valence-electron chi connectivity index (χ0n) is 18.1. The number of carbonyl (C=O) groups is 2. The van der Waals surface area contributed by atoms with E-state index in [1.54, 1.807) is 25.1 Å². The molecule has 2 aromatic carbocycles. The molecule has 3 aromatic rings. The highest BCUT2D eigenvalue weighted by Gasteiger charge is 2.42. The molecule has 0 fully saturated rings. The topological polar surface area (TPSA) is 94.9 Å². The fourth-order valence-corrected chi connectivity index (χ4v) is 5.85. The van der Waals surface area contributed by atoms with Crippen LogP contribution in [0.1, 0.15) is 32.1 Å². The van der Waals surface area contributed by atoms with Gasteiger partial charge >= 0.3 is 0 Å². The molecule has 8 nitrogen and oxygen atoms in total. The number of hydrogen-bond acceptors (Lipinski definition) is 6. The largest absolute Gasteiger partial charge is 0.486 e. The van der Waals surface area contributed by atoms with Crippen molar-refractivity contribution >= 4 is 21.7 Å². The molecule has 0 aliphatic carbocycles. The van der Waals surface area contributed by atoms with Crippen molar-refractivity contribution in [2.45, 2.75) is 31.4 Å². The molecule has 5 rings (SSSR count). The number of amides is 1. The Kier molecular flexibility index (Phi) is 5.01. The Bertz CT molecular complexity index is 1390. The number of benzene rings is 2. The molecule has 3 heterocycles. The number of aryl methyl sites for hydroxylation is 1. The lowest BCUT2D eigenvalue weighted by Gasteiger charge is -2.27. The van der Waals surface area contributed by atoms with Crippen LogP contribution in [0.25, 0.3) is 0 Å². The number of ketones is 1. The van der Waals surface area contributed by atoms with Gasteiger partial charge in [-0.1, -0.05) is 24.3 Å². The summed E-state index contributed by atoms with van der Waals surface area (Å²) in [4.78, 5) is 25.7. The lowest BCUT2D eigenvalue weighted by atomic mass is 10.1. The van der Waals surface area contributed by atoms with Gasteiger partial charge in [0.25, 0.3) is 15.9 Å². The third kappa shape index (κ3) is 3.48. The molecule has 0 N–H and O–H groups in total. The third-order valence-electron chi connectivity index (χ3n) is 6.03. The first-order chi connectivity index (χ1) is 15.8. The molecule has 2 aliphatic heterocycles. The van der Waals surface area contributed by atoms with Gasteiger partial charge in [0.1, 0.15) is 18.0 Å². The normalized spacial score (nSPS) is 18.3. The number of carbonyl (C=O) groups excluding carboxylic acids is 2. The number of aromatic nitrogens is 1. The summed E-state index contributed by atoms with van der Waals surface area (Å²) in [5.41, 5.74) is 1.98. The third-order valence-corrected chi connectivity index (χ3v) is 7.81. The van der Waals surface area contributed by atoms with Crippen molar-refractivity contribution in [1.29, 1.82) is 0 Å². The number of para-hydroxylation sites is 2. The van der Waals surface area contributed by atoms with Crippen LogP contribution in [-0.2, 0) is 16.6 Å². The van der Waals surface area contributed by atoms with Crippen LogP contribution in [0, 0.1) is 13.8 Å². The smallest absolute Gasteiger partial charge is 0.269 e. The average Bonchev–Trinajstić information content (AvgIpc) is 3.19. The maximum atomic E-state index is 13.1. The first-order valence-corrected chi connectivity index (χ1v) is 12.0. The predicted octanol–water partition coefficient (Wildman–Crippen LogP) is 2.97. The van der Waals surface area contributed by atoms with E-state index in [0.29, 0.717) is 40.2 Å². The lowest BCUT2D eigenvalue weighted by Crippen LogP contribution is -2.35. The quantitative estimate of drug-likeness (QED) is 0.537.